The average Bonchev–Trinajstić information content (AvgIpc) is 3.01. The molecular weight excluding hydrogens is 614 g/mol. The van der Waals surface area contributed by atoms with Gasteiger partial charge < -0.3 is 19.9 Å². The smallest absolute Gasteiger partial charge is 0.440 e. The fourth-order valence-electron chi connectivity index (χ4n) is 4.57. The summed E-state index contributed by atoms with van der Waals surface area (Å²) in [6.45, 7) is 10.8. The maximum atomic E-state index is 13.2. The van der Waals surface area contributed by atoms with Crippen molar-refractivity contribution in [2.75, 3.05) is 22.3 Å². The first-order valence-corrected chi connectivity index (χ1v) is 15.2. The van der Waals surface area contributed by atoms with Crippen molar-refractivity contribution < 1.29 is 33.8 Å². The van der Waals surface area contributed by atoms with E-state index in [0.29, 0.717) is 39.7 Å². The molecule has 3 N–H and O–H groups in total. The Morgan fingerprint density at radius 2 is 1.67 bits per heavy atom. The molecule has 1 heterocycles. The van der Waals surface area contributed by atoms with E-state index in [2.05, 4.69) is 15.6 Å². The zero-order valence-corrected chi connectivity index (χ0v) is 27.7. The Morgan fingerprint density at radius 1 is 0.938 bits per heavy atom. The number of carboxylic acids is 1. The molecule has 0 radical (unpaired) electrons. The number of anilines is 3. The van der Waals surface area contributed by atoms with Crippen LogP contribution in [0.15, 0.2) is 79.0 Å². The standard InChI is InChI=1S/C36H39N5O7/c1-35(2,3)47-34(45)41(48-36(4,5)6)31-29-15-14-28(21-26(29)16-18-38-31)39-30(32(42)43)25-12-10-23(11-13-25)17-19-46-33(44)40-27-9-7-8-24(20-27)22-37/h7-16,18,20-21,30,39H,17,19H2,1-6H3,(H,40,44)(H,42,43). The van der Waals surface area contributed by atoms with Crippen molar-refractivity contribution in [3.8, 4) is 6.07 Å². The first-order valence-electron chi connectivity index (χ1n) is 15.2. The number of carbonyl (C=O) groups is 3. The van der Waals surface area contributed by atoms with Crippen molar-refractivity contribution >= 4 is 46.1 Å². The molecule has 0 fully saturated rings. The number of fused-ring (bicyclic) bond motifs is 1. The van der Waals surface area contributed by atoms with Gasteiger partial charge in [0.25, 0.3) is 0 Å². The normalized spacial score (nSPS) is 12.0. The molecule has 3 aromatic carbocycles. The monoisotopic (exact) mass is 653 g/mol. The average molecular weight is 654 g/mol. The van der Waals surface area contributed by atoms with E-state index in [1.807, 2.05) is 26.8 Å². The van der Waals surface area contributed by atoms with E-state index in [1.165, 1.54) is 6.20 Å². The highest BCUT2D eigenvalue weighted by molar-refractivity contribution is 6.00. The van der Waals surface area contributed by atoms with E-state index in [1.54, 1.807) is 93.6 Å². The van der Waals surface area contributed by atoms with Crippen LogP contribution in [-0.4, -0.2) is 46.1 Å². The van der Waals surface area contributed by atoms with Crippen LogP contribution in [0.3, 0.4) is 0 Å². The summed E-state index contributed by atoms with van der Waals surface area (Å²) in [6, 6.07) is 21.4. The van der Waals surface area contributed by atoms with Gasteiger partial charge in [-0.15, -0.1) is 5.06 Å². The highest BCUT2D eigenvalue weighted by Gasteiger charge is 2.31. The van der Waals surface area contributed by atoms with Gasteiger partial charge in [0.1, 0.15) is 5.60 Å². The third-order valence-electron chi connectivity index (χ3n) is 6.59. The van der Waals surface area contributed by atoms with E-state index in [-0.39, 0.29) is 12.4 Å². The number of hydrogen-bond donors (Lipinski definition) is 3. The fraction of sp³-hybridized carbons (Fsp3) is 0.306. The SMILES string of the molecule is CC(C)(C)OC(=O)N(OC(C)(C)C)c1nccc2cc(NC(C(=O)O)c3ccc(CCOC(=O)Nc4cccc(C#N)c4)cc3)ccc12. The van der Waals surface area contributed by atoms with Crippen LogP contribution in [-0.2, 0) is 25.5 Å². The Balaban J connectivity index is 1.45. The van der Waals surface area contributed by atoms with Crippen LogP contribution < -0.4 is 15.7 Å². The number of pyridine rings is 1. The molecule has 0 saturated carbocycles. The number of nitriles is 1. The number of carboxylic acid groups (broad SMARTS) is 1. The van der Waals surface area contributed by atoms with Gasteiger partial charge in [-0.1, -0.05) is 30.3 Å². The van der Waals surface area contributed by atoms with Crippen LogP contribution in [0.25, 0.3) is 10.8 Å². The number of amides is 2. The Kier molecular flexibility index (Phi) is 10.9. The summed E-state index contributed by atoms with van der Waals surface area (Å²) >= 11 is 0. The van der Waals surface area contributed by atoms with E-state index in [0.717, 1.165) is 10.6 Å². The van der Waals surface area contributed by atoms with Gasteiger partial charge in [-0.25, -0.2) is 19.4 Å². The molecule has 0 saturated heterocycles. The minimum absolute atomic E-state index is 0.101. The van der Waals surface area contributed by atoms with Crippen molar-refractivity contribution in [1.82, 2.24) is 4.98 Å². The Hall–Kier alpha value is -5.67. The van der Waals surface area contributed by atoms with Crippen LogP contribution in [0.2, 0.25) is 0 Å². The minimum Gasteiger partial charge on any atom is -0.479 e. The second-order valence-electron chi connectivity index (χ2n) is 12.9. The molecule has 0 aliphatic rings. The number of nitrogens with one attached hydrogen (secondary N) is 2. The van der Waals surface area contributed by atoms with Crippen molar-refractivity contribution in [1.29, 1.82) is 5.26 Å². The summed E-state index contributed by atoms with van der Waals surface area (Å²) < 4.78 is 10.8. The number of carbonyl (C=O) groups excluding carboxylic acids is 2. The van der Waals surface area contributed by atoms with Gasteiger partial charge in [-0.3, -0.25) is 10.2 Å². The van der Waals surface area contributed by atoms with Gasteiger partial charge in [0.05, 0.1) is 23.8 Å². The van der Waals surface area contributed by atoms with Crippen LogP contribution in [0, 0.1) is 11.3 Å². The number of hydroxylamine groups is 1. The molecule has 0 aliphatic carbocycles. The maximum absolute atomic E-state index is 13.2. The zero-order chi connectivity index (χ0) is 35.1. The van der Waals surface area contributed by atoms with Crippen molar-refractivity contribution in [2.24, 2.45) is 0 Å². The molecule has 12 nitrogen and oxygen atoms in total. The molecule has 0 bridgehead atoms. The van der Waals surface area contributed by atoms with Gasteiger partial charge in [-0.05, 0) is 101 Å². The number of nitrogens with zero attached hydrogens (tertiary/aromatic N) is 3. The molecule has 48 heavy (non-hydrogen) atoms. The van der Waals surface area contributed by atoms with Crippen LogP contribution in [0.1, 0.15) is 64.3 Å². The first kappa shape index (κ1) is 35.2. The van der Waals surface area contributed by atoms with Crippen LogP contribution in [0.4, 0.5) is 26.8 Å². The second-order valence-corrected chi connectivity index (χ2v) is 12.9. The number of benzene rings is 3. The topological polar surface area (TPSA) is 163 Å². The third kappa shape index (κ3) is 9.91. The molecule has 4 aromatic rings. The molecule has 1 unspecified atom stereocenters. The molecule has 1 aromatic heterocycles. The lowest BCUT2D eigenvalue weighted by atomic mass is 10.0. The summed E-state index contributed by atoms with van der Waals surface area (Å²) in [6.07, 6.45) is 0.593. The summed E-state index contributed by atoms with van der Waals surface area (Å²) in [5, 5.41) is 27.1. The van der Waals surface area contributed by atoms with Gasteiger partial charge >= 0.3 is 18.2 Å². The number of hydrogen-bond acceptors (Lipinski definition) is 9. The Morgan fingerprint density at radius 3 is 2.31 bits per heavy atom. The maximum Gasteiger partial charge on any atom is 0.440 e. The van der Waals surface area contributed by atoms with E-state index in [4.69, 9.17) is 19.6 Å². The zero-order valence-electron chi connectivity index (χ0n) is 27.7. The van der Waals surface area contributed by atoms with Crippen molar-refractivity contribution in [3.63, 3.8) is 0 Å². The highest BCUT2D eigenvalue weighted by Crippen LogP contribution is 2.31. The molecule has 0 aliphatic heterocycles. The summed E-state index contributed by atoms with van der Waals surface area (Å²) in [7, 11) is 0. The lowest BCUT2D eigenvalue weighted by molar-refractivity contribution is -0.138. The van der Waals surface area contributed by atoms with Crippen molar-refractivity contribution in [3.05, 3.63) is 95.7 Å². The summed E-state index contributed by atoms with van der Waals surface area (Å²) in [5.41, 5.74) is 1.28. The molecule has 1 atom stereocenters. The van der Waals surface area contributed by atoms with E-state index in [9.17, 15) is 19.5 Å². The summed E-state index contributed by atoms with van der Waals surface area (Å²) in [5.74, 6) is -0.836. The van der Waals surface area contributed by atoms with Gasteiger partial charge in [0, 0.05) is 29.4 Å². The van der Waals surface area contributed by atoms with Crippen LogP contribution >= 0.6 is 0 Å². The third-order valence-corrected chi connectivity index (χ3v) is 6.59. The second kappa shape index (κ2) is 14.8. The Labute approximate surface area is 279 Å². The number of aliphatic carboxylic acids is 1. The molecule has 2 amide bonds. The fourth-order valence-corrected chi connectivity index (χ4v) is 4.57. The summed E-state index contributed by atoms with van der Waals surface area (Å²) in [4.78, 5) is 48.0. The van der Waals surface area contributed by atoms with Crippen molar-refractivity contribution in [2.45, 2.75) is 65.2 Å². The molecule has 250 valence electrons. The van der Waals surface area contributed by atoms with E-state index >= 15 is 0 Å². The van der Waals surface area contributed by atoms with Gasteiger partial charge in [0.2, 0.25) is 0 Å². The largest absolute Gasteiger partial charge is 0.479 e. The molecule has 0 spiro atoms. The molecule has 12 heteroatoms. The minimum atomic E-state index is -1.08. The predicted molar refractivity (Wildman–Crippen MR) is 182 cm³/mol. The Bertz CT molecular complexity index is 1820. The highest BCUT2D eigenvalue weighted by atomic mass is 16.7. The van der Waals surface area contributed by atoms with E-state index < -0.39 is 35.4 Å². The van der Waals surface area contributed by atoms with Crippen LogP contribution in [0.5, 0.6) is 0 Å². The number of aromatic nitrogens is 1. The first-order chi connectivity index (χ1) is 22.6. The number of rotatable bonds is 10. The quantitative estimate of drug-likeness (QED) is 0.145. The lowest BCUT2D eigenvalue weighted by Crippen LogP contribution is -2.42. The molecular formula is C36H39N5O7. The predicted octanol–water partition coefficient (Wildman–Crippen LogP) is 7.61. The molecule has 4 rings (SSSR count). The van der Waals surface area contributed by atoms with Gasteiger partial charge in [-0.2, -0.15) is 5.26 Å². The lowest BCUT2D eigenvalue weighted by Gasteiger charge is -2.31. The number of ether oxygens (including phenoxy) is 2. The van der Waals surface area contributed by atoms with Gasteiger partial charge in [0.15, 0.2) is 11.9 Å².